The Morgan fingerprint density at radius 3 is 2.50 bits per heavy atom. The number of benzene rings is 2. The summed E-state index contributed by atoms with van der Waals surface area (Å²) in [7, 11) is -4.13. The van der Waals surface area contributed by atoms with Crippen LogP contribution in [0.5, 0.6) is 0 Å². The van der Waals surface area contributed by atoms with E-state index in [1.807, 2.05) is 18.2 Å². The smallest absolute Gasteiger partial charge is 0.263 e. The summed E-state index contributed by atoms with van der Waals surface area (Å²) < 4.78 is 29.2. The van der Waals surface area contributed by atoms with E-state index < -0.39 is 10.1 Å². The van der Waals surface area contributed by atoms with E-state index in [1.54, 1.807) is 30.3 Å². The minimum absolute atomic E-state index is 0.0386. The van der Waals surface area contributed by atoms with Gasteiger partial charge in [0.2, 0.25) is 5.71 Å². The van der Waals surface area contributed by atoms with Crippen molar-refractivity contribution >= 4 is 26.6 Å². The van der Waals surface area contributed by atoms with Crippen molar-refractivity contribution in [3.63, 3.8) is 0 Å². The van der Waals surface area contributed by atoms with Gasteiger partial charge in [-0.05, 0) is 35.0 Å². The van der Waals surface area contributed by atoms with Crippen molar-refractivity contribution in [1.29, 1.82) is 5.26 Å². The van der Waals surface area contributed by atoms with E-state index in [9.17, 15) is 8.42 Å². The van der Waals surface area contributed by atoms with Crippen LogP contribution < -0.4 is 0 Å². The van der Waals surface area contributed by atoms with Gasteiger partial charge in [-0.25, -0.2) is 0 Å². The molecule has 0 atom stereocenters. The molecule has 0 aliphatic rings. The van der Waals surface area contributed by atoms with E-state index in [1.165, 1.54) is 24.4 Å². The first-order valence-electron chi connectivity index (χ1n) is 6.92. The number of hydrogen-bond donors (Lipinski definition) is 0. The maximum atomic E-state index is 12.3. The lowest BCUT2D eigenvalue weighted by atomic mass is 10.1. The van der Waals surface area contributed by atoms with Crippen LogP contribution >= 0.6 is 0 Å². The molecule has 0 spiro atoms. The Hall–Kier alpha value is -3.24. The summed E-state index contributed by atoms with van der Waals surface area (Å²) in [6.07, 6.45) is 1.47. The molecule has 0 fully saturated rings. The molecule has 0 aliphatic carbocycles. The number of rotatable bonds is 4. The second-order valence-electron chi connectivity index (χ2n) is 4.80. The first kappa shape index (κ1) is 15.6. The Kier molecular flexibility index (Phi) is 4.22. The summed E-state index contributed by atoms with van der Waals surface area (Å²) >= 11 is 0. The molecular weight excluding hydrogens is 326 g/mol. The fraction of sp³-hybridized carbons (Fsp3) is 0. The van der Waals surface area contributed by atoms with Gasteiger partial charge in [0.1, 0.15) is 16.7 Å². The SMILES string of the molecule is N#C/C(=N\OS(=O)(=O)c1ccc2ccccc2c1)c1ccccn1. The highest BCUT2D eigenvalue weighted by Gasteiger charge is 2.17. The molecule has 0 radical (unpaired) electrons. The number of aromatic nitrogens is 1. The van der Waals surface area contributed by atoms with Gasteiger partial charge < -0.3 is 0 Å². The summed E-state index contributed by atoms with van der Waals surface area (Å²) in [4.78, 5) is 3.90. The Morgan fingerprint density at radius 1 is 1.04 bits per heavy atom. The molecule has 118 valence electrons. The van der Waals surface area contributed by atoms with E-state index in [4.69, 9.17) is 5.26 Å². The lowest BCUT2D eigenvalue weighted by Crippen LogP contribution is -2.07. The van der Waals surface area contributed by atoms with Gasteiger partial charge in [-0.1, -0.05) is 41.6 Å². The van der Waals surface area contributed by atoms with Gasteiger partial charge in [-0.3, -0.25) is 9.27 Å². The van der Waals surface area contributed by atoms with Crippen LogP contribution in [-0.2, 0) is 14.4 Å². The molecular formula is C17H11N3O3S. The minimum atomic E-state index is -4.13. The zero-order chi connectivity index (χ0) is 17.0. The molecule has 0 saturated heterocycles. The molecule has 1 aromatic heterocycles. The van der Waals surface area contributed by atoms with Crippen molar-refractivity contribution in [2.75, 3.05) is 0 Å². The lowest BCUT2D eigenvalue weighted by molar-refractivity contribution is 0.339. The molecule has 3 aromatic rings. The van der Waals surface area contributed by atoms with Crippen LogP contribution in [0.3, 0.4) is 0 Å². The topological polar surface area (TPSA) is 92.4 Å². The van der Waals surface area contributed by atoms with Crippen LogP contribution in [0.1, 0.15) is 5.69 Å². The largest absolute Gasteiger partial charge is 0.358 e. The van der Waals surface area contributed by atoms with Crippen molar-refractivity contribution in [2.45, 2.75) is 4.90 Å². The van der Waals surface area contributed by atoms with Crippen LogP contribution in [0.4, 0.5) is 0 Å². The molecule has 1 heterocycles. The molecule has 0 N–H and O–H groups in total. The van der Waals surface area contributed by atoms with Gasteiger partial charge in [0.25, 0.3) is 0 Å². The Labute approximate surface area is 138 Å². The summed E-state index contributed by atoms with van der Waals surface area (Å²) in [5, 5.41) is 14.2. The first-order chi connectivity index (χ1) is 11.6. The van der Waals surface area contributed by atoms with Crippen LogP contribution in [0.15, 0.2) is 76.9 Å². The maximum absolute atomic E-state index is 12.3. The highest BCUT2D eigenvalue weighted by atomic mass is 32.2. The van der Waals surface area contributed by atoms with Gasteiger partial charge in [0.05, 0.1) is 0 Å². The molecule has 0 aliphatic heterocycles. The average molecular weight is 337 g/mol. The highest BCUT2D eigenvalue weighted by Crippen LogP contribution is 2.20. The molecule has 0 bridgehead atoms. The Bertz CT molecular complexity index is 1060. The molecule has 0 saturated carbocycles. The van der Waals surface area contributed by atoms with E-state index in [0.29, 0.717) is 0 Å². The Morgan fingerprint density at radius 2 is 1.79 bits per heavy atom. The van der Waals surface area contributed by atoms with Crippen molar-refractivity contribution in [2.24, 2.45) is 5.16 Å². The normalized spacial score (nSPS) is 11.9. The van der Waals surface area contributed by atoms with E-state index in [0.717, 1.165) is 10.8 Å². The molecule has 24 heavy (non-hydrogen) atoms. The molecule has 2 aromatic carbocycles. The second-order valence-corrected chi connectivity index (χ2v) is 6.33. The highest BCUT2D eigenvalue weighted by molar-refractivity contribution is 7.86. The fourth-order valence-electron chi connectivity index (χ4n) is 2.08. The van der Waals surface area contributed by atoms with Gasteiger partial charge in [0, 0.05) is 6.20 Å². The van der Waals surface area contributed by atoms with Crippen LogP contribution in [-0.4, -0.2) is 19.1 Å². The van der Waals surface area contributed by atoms with Crippen LogP contribution in [0, 0.1) is 11.3 Å². The fourth-order valence-corrected chi connectivity index (χ4v) is 2.84. The summed E-state index contributed by atoms with van der Waals surface area (Å²) in [6, 6.07) is 18.6. The third kappa shape index (κ3) is 3.24. The van der Waals surface area contributed by atoms with Crippen LogP contribution in [0.25, 0.3) is 10.8 Å². The Balaban J connectivity index is 1.92. The zero-order valence-electron chi connectivity index (χ0n) is 12.3. The van der Waals surface area contributed by atoms with Crippen molar-refractivity contribution in [1.82, 2.24) is 4.98 Å². The third-order valence-electron chi connectivity index (χ3n) is 3.25. The summed E-state index contributed by atoms with van der Waals surface area (Å²) in [6.45, 7) is 0. The number of pyridine rings is 1. The quantitative estimate of drug-likeness (QED) is 0.539. The molecule has 6 nitrogen and oxygen atoms in total. The monoisotopic (exact) mass is 337 g/mol. The minimum Gasteiger partial charge on any atom is -0.263 e. The predicted molar refractivity (Wildman–Crippen MR) is 88.6 cm³/mol. The van der Waals surface area contributed by atoms with E-state index >= 15 is 0 Å². The predicted octanol–water partition coefficient (Wildman–Crippen LogP) is 2.87. The van der Waals surface area contributed by atoms with Gasteiger partial charge in [0.15, 0.2) is 0 Å². The standard InChI is InChI=1S/C17H11N3O3S/c18-12-17(16-7-3-4-10-19-16)20-23-24(21,22)15-9-8-13-5-1-2-6-14(13)11-15/h1-11H/b20-17+. The van der Waals surface area contributed by atoms with Gasteiger partial charge >= 0.3 is 10.1 Å². The first-order valence-corrected chi connectivity index (χ1v) is 8.33. The van der Waals surface area contributed by atoms with Crippen molar-refractivity contribution < 1.29 is 12.7 Å². The van der Waals surface area contributed by atoms with Gasteiger partial charge in [-0.2, -0.15) is 13.7 Å². The van der Waals surface area contributed by atoms with Crippen molar-refractivity contribution in [3.05, 3.63) is 72.6 Å². The van der Waals surface area contributed by atoms with E-state index in [2.05, 4.69) is 14.4 Å². The van der Waals surface area contributed by atoms with E-state index in [-0.39, 0.29) is 16.3 Å². The second kappa shape index (κ2) is 6.48. The number of nitriles is 1. The van der Waals surface area contributed by atoms with Gasteiger partial charge in [-0.15, -0.1) is 0 Å². The number of nitrogens with zero attached hydrogens (tertiary/aromatic N) is 3. The summed E-state index contributed by atoms with van der Waals surface area (Å²) in [5.41, 5.74) is 0.00803. The number of fused-ring (bicyclic) bond motifs is 1. The zero-order valence-corrected chi connectivity index (χ0v) is 13.1. The average Bonchev–Trinajstić information content (AvgIpc) is 2.62. The lowest BCUT2D eigenvalue weighted by Gasteiger charge is -2.04. The number of oxime groups is 1. The number of hydrogen-bond acceptors (Lipinski definition) is 6. The molecule has 0 unspecified atom stereocenters. The molecule has 7 heteroatoms. The third-order valence-corrected chi connectivity index (χ3v) is 4.35. The van der Waals surface area contributed by atoms with Crippen LogP contribution in [0.2, 0.25) is 0 Å². The summed E-state index contributed by atoms with van der Waals surface area (Å²) in [5.74, 6) is 0. The molecule has 0 amide bonds. The maximum Gasteiger partial charge on any atom is 0.358 e. The van der Waals surface area contributed by atoms with Crippen molar-refractivity contribution in [3.8, 4) is 6.07 Å². The molecule has 3 rings (SSSR count).